The number of carbonyl (C=O) groups is 1. The quantitative estimate of drug-likeness (QED) is 0.311. The molecule has 0 radical (unpaired) electrons. The minimum absolute atomic E-state index is 0.0228. The number of guanidine groups is 1. The number of carbonyl (C=O) groups excluding carboxylic acids is 1. The normalized spacial score (nSPS) is 19.4. The van der Waals surface area contributed by atoms with E-state index in [0.29, 0.717) is 13.1 Å². The lowest BCUT2D eigenvalue weighted by Gasteiger charge is -2.37. The van der Waals surface area contributed by atoms with Crippen molar-refractivity contribution in [3.05, 3.63) is 42.5 Å². The second kappa shape index (κ2) is 8.58. The first-order valence-electron chi connectivity index (χ1n) is 9.77. The molecule has 1 amide bonds. The van der Waals surface area contributed by atoms with E-state index < -0.39 is 21.5 Å². The van der Waals surface area contributed by atoms with E-state index in [-0.39, 0.29) is 29.7 Å². The van der Waals surface area contributed by atoms with Crippen LogP contribution in [0.2, 0.25) is 0 Å². The fourth-order valence-corrected chi connectivity index (χ4v) is 5.01. The summed E-state index contributed by atoms with van der Waals surface area (Å²) in [5, 5.41) is 9.32. The summed E-state index contributed by atoms with van der Waals surface area (Å²) in [7, 11) is -3.89. The number of hydrogen-bond acceptors (Lipinski definition) is 5. The molecule has 0 aromatic heterocycles. The maximum atomic E-state index is 12.8. The van der Waals surface area contributed by atoms with Crippen LogP contribution in [0.4, 0.5) is 0 Å². The number of piperidine rings is 1. The van der Waals surface area contributed by atoms with E-state index in [0.717, 1.165) is 23.6 Å². The number of sulfonamides is 1. The second-order valence-electron chi connectivity index (χ2n) is 7.90. The Bertz CT molecular complexity index is 1060. The van der Waals surface area contributed by atoms with Gasteiger partial charge in [-0.25, -0.2) is 13.1 Å². The molecule has 1 heterocycles. The largest absolute Gasteiger partial charge is 0.370 e. The van der Waals surface area contributed by atoms with Crippen molar-refractivity contribution in [1.82, 2.24) is 9.62 Å². The molecule has 1 aliphatic heterocycles. The fourth-order valence-electron chi connectivity index (χ4n) is 3.87. The molecule has 162 valence electrons. The Balaban J connectivity index is 1.73. The molecule has 10 heteroatoms. The number of hydrogen-bond donors (Lipinski definition) is 5. The van der Waals surface area contributed by atoms with Gasteiger partial charge in [0.25, 0.3) is 0 Å². The molecule has 2 aromatic rings. The molecule has 1 aliphatic rings. The van der Waals surface area contributed by atoms with Gasteiger partial charge in [-0.3, -0.25) is 10.2 Å². The molecule has 2 atom stereocenters. The molecule has 8 N–H and O–H groups in total. The molecule has 0 spiro atoms. The highest BCUT2D eigenvalue weighted by atomic mass is 32.2. The summed E-state index contributed by atoms with van der Waals surface area (Å²) >= 11 is 0. The van der Waals surface area contributed by atoms with Crippen LogP contribution in [-0.4, -0.2) is 50.4 Å². The van der Waals surface area contributed by atoms with E-state index in [9.17, 15) is 13.2 Å². The average molecular weight is 433 g/mol. The van der Waals surface area contributed by atoms with Crippen molar-refractivity contribution >= 4 is 32.7 Å². The molecule has 1 fully saturated rings. The average Bonchev–Trinajstić information content (AvgIpc) is 2.72. The van der Waals surface area contributed by atoms with Gasteiger partial charge in [0.2, 0.25) is 15.9 Å². The standard InChI is InChI=1S/C20H28N6O3S/c21-18(27)20(24,11-14-4-3-9-26(12-14)19(22)23)13-25-30(28,29)17-8-7-15-5-1-2-6-16(15)10-17/h1-2,5-8,10,14,25H,3-4,9,11-13,24H2,(H2,21,27)(H3,22,23)/t14?,20-/m0/s1. The summed E-state index contributed by atoms with van der Waals surface area (Å²) in [5.74, 6) is -0.826. The molecule has 1 unspecified atom stereocenters. The third-order valence-electron chi connectivity index (χ3n) is 5.61. The van der Waals surface area contributed by atoms with E-state index in [1.165, 1.54) is 6.07 Å². The summed E-state index contributed by atoms with van der Waals surface area (Å²) < 4.78 is 28.1. The number of amides is 1. The monoisotopic (exact) mass is 432 g/mol. The molecule has 3 rings (SSSR count). The first-order chi connectivity index (χ1) is 14.1. The highest BCUT2D eigenvalue weighted by Crippen LogP contribution is 2.25. The van der Waals surface area contributed by atoms with E-state index in [2.05, 4.69) is 4.72 Å². The van der Waals surface area contributed by atoms with Gasteiger partial charge in [0.05, 0.1) is 4.90 Å². The molecular formula is C20H28N6O3S. The zero-order valence-electron chi connectivity index (χ0n) is 16.7. The Kier molecular flexibility index (Phi) is 6.30. The van der Waals surface area contributed by atoms with Crippen molar-refractivity contribution < 1.29 is 13.2 Å². The minimum Gasteiger partial charge on any atom is -0.370 e. The van der Waals surface area contributed by atoms with Crippen LogP contribution in [0.15, 0.2) is 47.4 Å². The minimum atomic E-state index is -3.89. The topological polar surface area (TPSA) is 168 Å². The third kappa shape index (κ3) is 4.89. The maximum absolute atomic E-state index is 12.8. The van der Waals surface area contributed by atoms with Gasteiger partial charge in [0.15, 0.2) is 5.96 Å². The Hall–Kier alpha value is -2.69. The first-order valence-corrected chi connectivity index (χ1v) is 11.3. The van der Waals surface area contributed by atoms with E-state index in [1.807, 2.05) is 24.3 Å². The highest BCUT2D eigenvalue weighted by molar-refractivity contribution is 7.89. The van der Waals surface area contributed by atoms with Gasteiger partial charge in [-0.2, -0.15) is 0 Å². The molecule has 2 aromatic carbocycles. The van der Waals surface area contributed by atoms with Gasteiger partial charge >= 0.3 is 0 Å². The van der Waals surface area contributed by atoms with E-state index >= 15 is 0 Å². The molecule has 1 saturated heterocycles. The number of fused-ring (bicyclic) bond motifs is 1. The number of primary amides is 1. The SMILES string of the molecule is N=C(N)N1CCCC(C[C@](N)(CNS(=O)(=O)c2ccc3ccccc3c2)C(N)=O)C1. The highest BCUT2D eigenvalue weighted by Gasteiger charge is 2.37. The van der Waals surface area contributed by atoms with Crippen molar-refractivity contribution in [1.29, 1.82) is 5.41 Å². The van der Waals surface area contributed by atoms with Crippen LogP contribution in [0.25, 0.3) is 10.8 Å². The Labute approximate surface area is 176 Å². The van der Waals surface area contributed by atoms with Gasteiger partial charge < -0.3 is 22.1 Å². The number of likely N-dealkylation sites (tertiary alicyclic amines) is 1. The maximum Gasteiger partial charge on any atom is 0.240 e. The number of benzene rings is 2. The first kappa shape index (κ1) is 22.0. The molecule has 0 aliphatic carbocycles. The van der Waals surface area contributed by atoms with Crippen molar-refractivity contribution in [2.45, 2.75) is 29.7 Å². The number of rotatable bonds is 7. The number of nitrogens with one attached hydrogen (secondary N) is 2. The van der Waals surface area contributed by atoms with E-state index in [4.69, 9.17) is 22.6 Å². The zero-order chi connectivity index (χ0) is 21.9. The molecule has 0 bridgehead atoms. The van der Waals surface area contributed by atoms with Crippen LogP contribution >= 0.6 is 0 Å². The van der Waals surface area contributed by atoms with Crippen molar-refractivity contribution in [3.8, 4) is 0 Å². The van der Waals surface area contributed by atoms with Crippen LogP contribution < -0.4 is 21.9 Å². The van der Waals surface area contributed by atoms with Crippen LogP contribution in [-0.2, 0) is 14.8 Å². The Morgan fingerprint density at radius 2 is 1.90 bits per heavy atom. The molecule has 0 saturated carbocycles. The summed E-state index contributed by atoms with van der Waals surface area (Å²) in [6.45, 7) is 0.849. The van der Waals surface area contributed by atoms with Crippen LogP contribution in [0.5, 0.6) is 0 Å². The Morgan fingerprint density at radius 3 is 2.57 bits per heavy atom. The van der Waals surface area contributed by atoms with Crippen LogP contribution in [0.1, 0.15) is 19.3 Å². The second-order valence-corrected chi connectivity index (χ2v) is 9.66. The summed E-state index contributed by atoms with van der Waals surface area (Å²) in [4.78, 5) is 13.9. The number of nitrogens with two attached hydrogens (primary N) is 3. The van der Waals surface area contributed by atoms with Gasteiger partial charge in [-0.15, -0.1) is 0 Å². The smallest absolute Gasteiger partial charge is 0.240 e. The zero-order valence-corrected chi connectivity index (χ0v) is 17.5. The molecule has 30 heavy (non-hydrogen) atoms. The summed E-state index contributed by atoms with van der Waals surface area (Å²) in [5.41, 5.74) is 15.8. The van der Waals surface area contributed by atoms with Crippen molar-refractivity contribution in [2.75, 3.05) is 19.6 Å². The predicted octanol–water partition coefficient (Wildman–Crippen LogP) is 0.296. The summed E-state index contributed by atoms with van der Waals surface area (Å²) in [6, 6.07) is 12.2. The molecular weight excluding hydrogens is 404 g/mol. The van der Waals surface area contributed by atoms with Gasteiger partial charge in [0.1, 0.15) is 5.54 Å². The van der Waals surface area contributed by atoms with E-state index in [1.54, 1.807) is 17.0 Å². The summed E-state index contributed by atoms with van der Waals surface area (Å²) in [6.07, 6.45) is 1.81. The third-order valence-corrected chi connectivity index (χ3v) is 7.01. The lowest BCUT2D eigenvalue weighted by molar-refractivity contribution is -0.123. The number of nitrogens with zero attached hydrogens (tertiary/aromatic N) is 1. The van der Waals surface area contributed by atoms with Crippen molar-refractivity contribution in [2.24, 2.45) is 23.1 Å². The molecule has 9 nitrogen and oxygen atoms in total. The van der Waals surface area contributed by atoms with Gasteiger partial charge in [-0.1, -0.05) is 30.3 Å². The van der Waals surface area contributed by atoms with Gasteiger partial charge in [0, 0.05) is 19.6 Å². The van der Waals surface area contributed by atoms with Crippen molar-refractivity contribution in [3.63, 3.8) is 0 Å². The fraction of sp³-hybridized carbons (Fsp3) is 0.400. The van der Waals surface area contributed by atoms with Gasteiger partial charge in [-0.05, 0) is 48.1 Å². The predicted molar refractivity (Wildman–Crippen MR) is 116 cm³/mol. The van der Waals surface area contributed by atoms with Crippen LogP contribution in [0, 0.1) is 11.3 Å². The Morgan fingerprint density at radius 1 is 1.20 bits per heavy atom. The van der Waals surface area contributed by atoms with Crippen LogP contribution in [0.3, 0.4) is 0 Å². The lowest BCUT2D eigenvalue weighted by Crippen LogP contribution is -2.60. The lowest BCUT2D eigenvalue weighted by atomic mass is 9.83.